The van der Waals surface area contributed by atoms with Crippen LogP contribution in [0, 0.1) is 10.1 Å². The van der Waals surface area contributed by atoms with Gasteiger partial charge < -0.3 is 15.2 Å². The number of hydrogen-bond donors (Lipinski definition) is 1. The summed E-state index contributed by atoms with van der Waals surface area (Å²) in [6.07, 6.45) is 0.620. The van der Waals surface area contributed by atoms with Gasteiger partial charge in [0.15, 0.2) is 5.75 Å². The summed E-state index contributed by atoms with van der Waals surface area (Å²) in [7, 11) is 1.61. The maximum absolute atomic E-state index is 10.9. The molecule has 0 saturated heterocycles. The van der Waals surface area contributed by atoms with Gasteiger partial charge in [0, 0.05) is 13.5 Å². The minimum Gasteiger partial charge on any atom is -0.487 e. The molecule has 2 N–H and O–H groups in total. The van der Waals surface area contributed by atoms with Gasteiger partial charge in [-0.2, -0.15) is 0 Å². The monoisotopic (exact) mass is 254 g/mol. The largest absolute Gasteiger partial charge is 0.487 e. The predicted octanol–water partition coefficient (Wildman–Crippen LogP) is 2.37. The highest BCUT2D eigenvalue weighted by atomic mass is 16.6. The molecule has 0 heterocycles. The predicted molar refractivity (Wildman–Crippen MR) is 68.7 cm³/mol. The maximum atomic E-state index is 10.9. The van der Waals surface area contributed by atoms with Gasteiger partial charge in [0.1, 0.15) is 5.69 Å². The summed E-state index contributed by atoms with van der Waals surface area (Å²) in [6.45, 7) is 4.17. The molecular formula is C12H18N2O4. The summed E-state index contributed by atoms with van der Waals surface area (Å²) < 4.78 is 10.7. The SMILES string of the molecule is COC(C)(C)CCOc1cccc(N)c1[N+](=O)[O-]. The smallest absolute Gasteiger partial charge is 0.333 e. The Kier molecular flexibility index (Phi) is 4.49. The Labute approximate surface area is 106 Å². The van der Waals surface area contributed by atoms with Gasteiger partial charge in [-0.1, -0.05) is 6.07 Å². The van der Waals surface area contributed by atoms with Gasteiger partial charge >= 0.3 is 5.69 Å². The zero-order valence-corrected chi connectivity index (χ0v) is 10.8. The van der Waals surface area contributed by atoms with Crippen LogP contribution < -0.4 is 10.5 Å². The number of hydrogen-bond acceptors (Lipinski definition) is 5. The highest BCUT2D eigenvalue weighted by Gasteiger charge is 2.21. The molecule has 0 bridgehead atoms. The highest BCUT2D eigenvalue weighted by Crippen LogP contribution is 2.32. The number of para-hydroxylation sites is 1. The third kappa shape index (κ3) is 3.59. The van der Waals surface area contributed by atoms with E-state index in [9.17, 15) is 10.1 Å². The first-order valence-corrected chi connectivity index (χ1v) is 5.58. The van der Waals surface area contributed by atoms with E-state index in [0.717, 1.165) is 0 Å². The molecule has 0 amide bonds. The van der Waals surface area contributed by atoms with Crippen LogP contribution in [0.15, 0.2) is 18.2 Å². The molecule has 1 aromatic carbocycles. The van der Waals surface area contributed by atoms with Crippen molar-refractivity contribution in [3.05, 3.63) is 28.3 Å². The standard InChI is InChI=1S/C12H18N2O4/c1-12(2,17-3)7-8-18-10-6-4-5-9(13)11(10)14(15)16/h4-6H,7-8,13H2,1-3H3. The van der Waals surface area contributed by atoms with Crippen LogP contribution in [0.1, 0.15) is 20.3 Å². The zero-order valence-electron chi connectivity index (χ0n) is 10.8. The molecule has 0 radical (unpaired) electrons. The van der Waals surface area contributed by atoms with E-state index in [1.165, 1.54) is 12.1 Å². The molecule has 0 fully saturated rings. The molecule has 0 saturated carbocycles. The molecule has 0 unspecified atom stereocenters. The molecule has 6 nitrogen and oxygen atoms in total. The Morgan fingerprint density at radius 3 is 2.67 bits per heavy atom. The maximum Gasteiger partial charge on any atom is 0.333 e. The Bertz CT molecular complexity index is 432. The van der Waals surface area contributed by atoms with Gasteiger partial charge in [0.05, 0.1) is 17.1 Å². The number of anilines is 1. The second kappa shape index (κ2) is 5.68. The van der Waals surface area contributed by atoms with Crippen LogP contribution in [0.4, 0.5) is 11.4 Å². The van der Waals surface area contributed by atoms with Crippen molar-refractivity contribution < 1.29 is 14.4 Å². The fraction of sp³-hybridized carbons (Fsp3) is 0.500. The lowest BCUT2D eigenvalue weighted by atomic mass is 10.1. The Morgan fingerprint density at radius 1 is 1.44 bits per heavy atom. The van der Waals surface area contributed by atoms with Crippen molar-refractivity contribution in [2.45, 2.75) is 25.9 Å². The van der Waals surface area contributed by atoms with Gasteiger partial charge in [-0.15, -0.1) is 0 Å². The summed E-state index contributed by atoms with van der Waals surface area (Å²) in [4.78, 5) is 10.3. The molecule has 0 aromatic heterocycles. The minimum absolute atomic E-state index is 0.100. The Balaban J connectivity index is 2.74. The summed E-state index contributed by atoms with van der Waals surface area (Å²) in [5, 5.41) is 10.9. The van der Waals surface area contributed by atoms with E-state index in [1.807, 2.05) is 13.8 Å². The molecule has 6 heteroatoms. The van der Waals surface area contributed by atoms with Crippen molar-refractivity contribution in [3.63, 3.8) is 0 Å². The van der Waals surface area contributed by atoms with E-state index >= 15 is 0 Å². The molecule has 1 aromatic rings. The van der Waals surface area contributed by atoms with Gasteiger partial charge in [-0.25, -0.2) is 0 Å². The van der Waals surface area contributed by atoms with Crippen LogP contribution in [0.2, 0.25) is 0 Å². The first-order chi connectivity index (χ1) is 8.37. The number of nitrogens with two attached hydrogens (primary N) is 1. The molecule has 1 rings (SSSR count). The summed E-state index contributed by atoms with van der Waals surface area (Å²) in [6, 6.07) is 4.64. The fourth-order valence-corrected chi connectivity index (χ4v) is 1.36. The number of nitro groups is 1. The Hall–Kier alpha value is -1.82. The quantitative estimate of drug-likeness (QED) is 0.478. The van der Waals surface area contributed by atoms with Gasteiger partial charge in [-0.05, 0) is 26.0 Å². The van der Waals surface area contributed by atoms with E-state index in [0.29, 0.717) is 13.0 Å². The number of nitrogen functional groups attached to an aromatic ring is 1. The van der Waals surface area contributed by atoms with E-state index < -0.39 is 4.92 Å². The first-order valence-electron chi connectivity index (χ1n) is 5.58. The van der Waals surface area contributed by atoms with Crippen molar-refractivity contribution in [1.29, 1.82) is 0 Å². The van der Waals surface area contributed by atoms with Crippen LogP contribution in [0.5, 0.6) is 5.75 Å². The lowest BCUT2D eigenvalue weighted by Crippen LogP contribution is -2.25. The molecular weight excluding hydrogens is 236 g/mol. The van der Waals surface area contributed by atoms with Crippen LogP contribution in [0.25, 0.3) is 0 Å². The zero-order chi connectivity index (χ0) is 13.8. The van der Waals surface area contributed by atoms with Crippen LogP contribution in [0.3, 0.4) is 0 Å². The second-order valence-electron chi connectivity index (χ2n) is 4.51. The van der Waals surface area contributed by atoms with Gasteiger partial charge in [0.25, 0.3) is 0 Å². The third-order valence-electron chi connectivity index (χ3n) is 2.73. The fourth-order valence-electron chi connectivity index (χ4n) is 1.36. The van der Waals surface area contributed by atoms with Crippen molar-refractivity contribution in [2.24, 2.45) is 0 Å². The van der Waals surface area contributed by atoms with Crippen molar-refractivity contribution in [1.82, 2.24) is 0 Å². The van der Waals surface area contributed by atoms with Crippen LogP contribution in [-0.2, 0) is 4.74 Å². The van der Waals surface area contributed by atoms with E-state index in [2.05, 4.69) is 0 Å². The van der Waals surface area contributed by atoms with Crippen molar-refractivity contribution in [2.75, 3.05) is 19.5 Å². The summed E-state index contributed by atoms with van der Waals surface area (Å²) in [5.41, 5.74) is 5.15. The number of nitrogens with zero attached hydrogens (tertiary/aromatic N) is 1. The summed E-state index contributed by atoms with van der Waals surface area (Å²) in [5.74, 6) is 0.187. The second-order valence-corrected chi connectivity index (χ2v) is 4.51. The van der Waals surface area contributed by atoms with Gasteiger partial charge in [-0.3, -0.25) is 10.1 Å². The van der Waals surface area contributed by atoms with Crippen LogP contribution >= 0.6 is 0 Å². The van der Waals surface area contributed by atoms with E-state index in [-0.39, 0.29) is 22.7 Å². The third-order valence-corrected chi connectivity index (χ3v) is 2.73. The van der Waals surface area contributed by atoms with Gasteiger partial charge in [0.2, 0.25) is 0 Å². The average molecular weight is 254 g/mol. The molecule has 100 valence electrons. The van der Waals surface area contributed by atoms with Crippen molar-refractivity contribution in [3.8, 4) is 5.75 Å². The van der Waals surface area contributed by atoms with Crippen LogP contribution in [-0.4, -0.2) is 24.2 Å². The minimum atomic E-state index is -0.536. The molecule has 0 aliphatic carbocycles. The molecule has 0 spiro atoms. The van der Waals surface area contributed by atoms with E-state index in [4.69, 9.17) is 15.2 Å². The average Bonchev–Trinajstić information content (AvgIpc) is 2.28. The molecule has 0 aliphatic heterocycles. The lowest BCUT2D eigenvalue weighted by molar-refractivity contribution is -0.384. The van der Waals surface area contributed by atoms with Crippen molar-refractivity contribution >= 4 is 11.4 Å². The lowest BCUT2D eigenvalue weighted by Gasteiger charge is -2.22. The number of benzene rings is 1. The number of ether oxygens (including phenoxy) is 2. The Morgan fingerprint density at radius 2 is 2.11 bits per heavy atom. The van der Waals surface area contributed by atoms with E-state index in [1.54, 1.807) is 13.2 Å². The molecule has 18 heavy (non-hydrogen) atoms. The summed E-state index contributed by atoms with van der Waals surface area (Å²) >= 11 is 0. The number of rotatable bonds is 6. The number of nitro benzene ring substituents is 1. The normalized spacial score (nSPS) is 11.3. The molecule has 0 atom stereocenters. The molecule has 0 aliphatic rings. The first kappa shape index (κ1) is 14.2. The number of methoxy groups -OCH3 is 1. The topological polar surface area (TPSA) is 87.6 Å². The highest BCUT2D eigenvalue weighted by molar-refractivity contribution is 5.65.